The highest BCUT2D eigenvalue weighted by Crippen LogP contribution is 2.24. The van der Waals surface area contributed by atoms with Crippen LogP contribution < -0.4 is 0 Å². The van der Waals surface area contributed by atoms with E-state index in [0.717, 1.165) is 32.1 Å². The molecule has 0 aliphatic carbocycles. The van der Waals surface area contributed by atoms with E-state index in [1.165, 1.54) is 0 Å². The van der Waals surface area contributed by atoms with Crippen LogP contribution in [0.1, 0.15) is 39.0 Å². The zero-order valence-electron chi connectivity index (χ0n) is 7.04. The first-order chi connectivity index (χ1) is 5.17. The molecule has 66 valence electrons. The van der Waals surface area contributed by atoms with Gasteiger partial charge < -0.3 is 0 Å². The molecule has 0 aromatic carbocycles. The van der Waals surface area contributed by atoms with Gasteiger partial charge in [0, 0.05) is 0 Å². The monoisotopic (exact) mass is 176 g/mol. The van der Waals surface area contributed by atoms with Crippen LogP contribution in [0.2, 0.25) is 0 Å². The summed E-state index contributed by atoms with van der Waals surface area (Å²) in [6.07, 6.45) is 4.84. The summed E-state index contributed by atoms with van der Waals surface area (Å²) in [5.74, 6) is 0.432. The molecule has 0 bridgehead atoms. The highest BCUT2D eigenvalue weighted by atomic mass is 32.2. The van der Waals surface area contributed by atoms with Gasteiger partial charge in [0.2, 0.25) is 0 Å². The van der Waals surface area contributed by atoms with Crippen LogP contribution in [0.4, 0.5) is 0 Å². The molecule has 1 fully saturated rings. The fourth-order valence-electron chi connectivity index (χ4n) is 1.61. The van der Waals surface area contributed by atoms with Crippen molar-refractivity contribution in [1.82, 2.24) is 0 Å². The molecule has 1 rings (SSSR count). The second-order valence-corrected chi connectivity index (χ2v) is 5.67. The third-order valence-electron chi connectivity index (χ3n) is 2.34. The van der Waals surface area contributed by atoms with E-state index in [1.807, 2.05) is 0 Å². The maximum Gasteiger partial charge on any atom is 0.153 e. The Morgan fingerprint density at radius 1 is 1.45 bits per heavy atom. The Balaban J connectivity index is 2.45. The van der Waals surface area contributed by atoms with Gasteiger partial charge in [-0.2, -0.15) is 0 Å². The Morgan fingerprint density at radius 3 is 2.64 bits per heavy atom. The molecule has 0 aromatic heterocycles. The minimum atomic E-state index is -2.66. The Bertz CT molecular complexity index is 206. The molecular formula is C8H16O2S. The Kier molecular flexibility index (Phi) is 2.93. The van der Waals surface area contributed by atoms with Crippen molar-refractivity contribution in [3.05, 3.63) is 0 Å². The highest BCUT2D eigenvalue weighted by Gasteiger charge is 2.29. The third-order valence-corrected chi connectivity index (χ3v) is 4.69. The quantitative estimate of drug-likeness (QED) is 0.656. The molecule has 0 aromatic rings. The third kappa shape index (κ3) is 2.19. The van der Waals surface area contributed by atoms with Crippen LogP contribution in [0.3, 0.4) is 0 Å². The van der Waals surface area contributed by atoms with Gasteiger partial charge in [0.25, 0.3) is 0 Å². The van der Waals surface area contributed by atoms with E-state index >= 15 is 0 Å². The van der Waals surface area contributed by atoms with Gasteiger partial charge in [-0.1, -0.05) is 19.8 Å². The van der Waals surface area contributed by atoms with Gasteiger partial charge in [-0.05, 0) is 19.3 Å². The van der Waals surface area contributed by atoms with Crippen LogP contribution in [-0.4, -0.2) is 19.4 Å². The summed E-state index contributed by atoms with van der Waals surface area (Å²) in [7, 11) is -2.66. The van der Waals surface area contributed by atoms with Crippen LogP contribution in [-0.2, 0) is 9.84 Å². The van der Waals surface area contributed by atoms with E-state index in [4.69, 9.17) is 0 Å². The summed E-state index contributed by atoms with van der Waals surface area (Å²) in [6.45, 7) is 2.10. The van der Waals surface area contributed by atoms with Crippen LogP contribution in [0.25, 0.3) is 0 Å². The molecular weight excluding hydrogens is 160 g/mol. The maximum absolute atomic E-state index is 11.3. The second-order valence-electron chi connectivity index (χ2n) is 3.27. The van der Waals surface area contributed by atoms with Crippen molar-refractivity contribution in [3.8, 4) is 0 Å². The van der Waals surface area contributed by atoms with Gasteiger partial charge in [0.1, 0.15) is 0 Å². The molecule has 1 atom stereocenters. The van der Waals surface area contributed by atoms with Crippen molar-refractivity contribution in [2.75, 3.05) is 5.75 Å². The van der Waals surface area contributed by atoms with Gasteiger partial charge in [0.15, 0.2) is 9.84 Å². The molecule has 1 aliphatic heterocycles. The predicted octanol–water partition coefficient (Wildman–Crippen LogP) is 1.75. The number of rotatable bonds is 3. The van der Waals surface area contributed by atoms with Crippen LogP contribution in [0.5, 0.6) is 0 Å². The molecule has 1 aliphatic rings. The molecule has 3 heteroatoms. The van der Waals surface area contributed by atoms with E-state index < -0.39 is 9.84 Å². The minimum absolute atomic E-state index is 0.00227. The number of hydrogen-bond acceptors (Lipinski definition) is 2. The van der Waals surface area contributed by atoms with Crippen molar-refractivity contribution in [2.24, 2.45) is 0 Å². The zero-order chi connectivity index (χ0) is 8.32. The van der Waals surface area contributed by atoms with Crippen LogP contribution in [0, 0.1) is 0 Å². The first-order valence-electron chi connectivity index (χ1n) is 4.38. The molecule has 0 saturated carbocycles. The average molecular weight is 176 g/mol. The van der Waals surface area contributed by atoms with Crippen LogP contribution >= 0.6 is 0 Å². The molecule has 0 radical (unpaired) electrons. The Hall–Kier alpha value is -0.0500. The van der Waals surface area contributed by atoms with Gasteiger partial charge in [-0.25, -0.2) is 8.42 Å². The summed E-state index contributed by atoms with van der Waals surface area (Å²) in [5.41, 5.74) is 0. The summed E-state index contributed by atoms with van der Waals surface area (Å²) in [5, 5.41) is 0.00227. The Morgan fingerprint density at radius 2 is 2.18 bits per heavy atom. The molecule has 0 N–H and O–H groups in total. The average Bonchev–Trinajstić information content (AvgIpc) is 2.25. The lowest BCUT2D eigenvalue weighted by molar-refractivity contribution is 0.574. The largest absolute Gasteiger partial charge is 0.229 e. The molecule has 2 nitrogen and oxygen atoms in total. The fourth-order valence-corrected chi connectivity index (χ4v) is 3.57. The second kappa shape index (κ2) is 3.57. The lowest BCUT2D eigenvalue weighted by Gasteiger charge is -2.06. The molecule has 1 heterocycles. The van der Waals surface area contributed by atoms with Crippen molar-refractivity contribution < 1.29 is 8.42 Å². The van der Waals surface area contributed by atoms with Crippen LogP contribution in [0.15, 0.2) is 0 Å². The van der Waals surface area contributed by atoms with Gasteiger partial charge >= 0.3 is 0 Å². The normalized spacial score (nSPS) is 29.0. The van der Waals surface area contributed by atoms with Gasteiger partial charge in [-0.3, -0.25) is 0 Å². The van der Waals surface area contributed by atoms with Crippen molar-refractivity contribution in [3.63, 3.8) is 0 Å². The van der Waals surface area contributed by atoms with E-state index in [-0.39, 0.29) is 5.25 Å². The smallest absolute Gasteiger partial charge is 0.153 e. The standard InChI is InChI=1S/C8H16O2S/c1-2-3-5-8-6-4-7-11(8,9)10/h8H,2-7H2,1H3/t8-/m1/s1. The Labute approximate surface area is 68.9 Å². The molecule has 0 spiro atoms. The van der Waals surface area contributed by atoms with Crippen molar-refractivity contribution in [2.45, 2.75) is 44.3 Å². The summed E-state index contributed by atoms with van der Waals surface area (Å²) >= 11 is 0. The minimum Gasteiger partial charge on any atom is -0.229 e. The lowest BCUT2D eigenvalue weighted by atomic mass is 10.1. The predicted molar refractivity (Wildman–Crippen MR) is 46.3 cm³/mol. The van der Waals surface area contributed by atoms with E-state index in [1.54, 1.807) is 0 Å². The summed E-state index contributed by atoms with van der Waals surface area (Å²) in [6, 6.07) is 0. The van der Waals surface area contributed by atoms with Gasteiger partial charge in [-0.15, -0.1) is 0 Å². The first-order valence-corrected chi connectivity index (χ1v) is 6.10. The lowest BCUT2D eigenvalue weighted by Crippen LogP contribution is -2.15. The topological polar surface area (TPSA) is 34.1 Å². The zero-order valence-corrected chi connectivity index (χ0v) is 7.86. The van der Waals surface area contributed by atoms with Gasteiger partial charge in [0.05, 0.1) is 11.0 Å². The van der Waals surface area contributed by atoms with Crippen molar-refractivity contribution in [1.29, 1.82) is 0 Å². The van der Waals surface area contributed by atoms with E-state index in [0.29, 0.717) is 5.75 Å². The first kappa shape index (κ1) is 9.04. The van der Waals surface area contributed by atoms with E-state index in [9.17, 15) is 8.42 Å². The fraction of sp³-hybridized carbons (Fsp3) is 1.00. The number of unbranched alkanes of at least 4 members (excludes halogenated alkanes) is 1. The number of sulfone groups is 1. The SMILES string of the molecule is CCCC[C@@H]1CCCS1(=O)=O. The molecule has 0 unspecified atom stereocenters. The number of hydrogen-bond donors (Lipinski definition) is 0. The maximum atomic E-state index is 11.3. The molecule has 0 amide bonds. The van der Waals surface area contributed by atoms with Crippen molar-refractivity contribution >= 4 is 9.84 Å². The summed E-state index contributed by atoms with van der Waals surface area (Å²) < 4.78 is 22.5. The molecule has 1 saturated heterocycles. The highest BCUT2D eigenvalue weighted by molar-refractivity contribution is 7.92. The molecule has 11 heavy (non-hydrogen) atoms. The van der Waals surface area contributed by atoms with E-state index in [2.05, 4.69) is 6.92 Å². The summed E-state index contributed by atoms with van der Waals surface area (Å²) in [4.78, 5) is 0.